The predicted octanol–water partition coefficient (Wildman–Crippen LogP) is 4.07. The van der Waals surface area contributed by atoms with Gasteiger partial charge in [-0.1, -0.05) is 12.1 Å². The third-order valence-corrected chi connectivity index (χ3v) is 5.48. The number of rotatable bonds is 5. The molecule has 2 aromatic carbocycles. The summed E-state index contributed by atoms with van der Waals surface area (Å²) in [4.78, 5) is 25.0. The normalized spacial score (nSPS) is 11.3. The molecule has 0 atom stereocenters. The molecule has 0 saturated carbocycles. The lowest BCUT2D eigenvalue weighted by molar-refractivity contribution is -0.120. The highest BCUT2D eigenvalue weighted by Gasteiger charge is 2.19. The second kappa shape index (κ2) is 7.71. The number of furan rings is 1. The van der Waals surface area contributed by atoms with Crippen molar-refractivity contribution in [3.05, 3.63) is 74.8 Å². The maximum Gasteiger partial charge on any atom is 0.340 e. The van der Waals surface area contributed by atoms with Gasteiger partial charge in [0.15, 0.2) is 0 Å². The minimum atomic E-state index is -0.504. The largest absolute Gasteiger partial charge is 0.508 e. The van der Waals surface area contributed by atoms with Gasteiger partial charge in [-0.2, -0.15) is 0 Å². The summed E-state index contributed by atoms with van der Waals surface area (Å²) < 4.78 is 11.3. The average Bonchev–Trinajstić information content (AvgIpc) is 3.08. The number of fused-ring (bicyclic) bond motifs is 3. The number of aryl methyl sites for hydroxylation is 3. The van der Waals surface area contributed by atoms with Crippen LogP contribution >= 0.6 is 0 Å². The van der Waals surface area contributed by atoms with Gasteiger partial charge in [0.25, 0.3) is 0 Å². The Kier molecular flexibility index (Phi) is 5.08. The van der Waals surface area contributed by atoms with Crippen molar-refractivity contribution in [3.8, 4) is 5.75 Å². The van der Waals surface area contributed by atoms with E-state index in [1.165, 1.54) is 0 Å². The summed E-state index contributed by atoms with van der Waals surface area (Å²) in [7, 11) is 0. The number of phenols is 1. The van der Waals surface area contributed by atoms with Gasteiger partial charge in [0.05, 0.1) is 23.6 Å². The number of aromatic hydroxyl groups is 1. The monoisotopic (exact) mass is 405 g/mol. The molecule has 0 aliphatic rings. The van der Waals surface area contributed by atoms with E-state index >= 15 is 0 Å². The van der Waals surface area contributed by atoms with Crippen LogP contribution in [-0.2, 0) is 17.6 Å². The first-order chi connectivity index (χ1) is 14.3. The number of carbonyl (C=O) groups excluding carboxylic acids is 1. The molecule has 4 aromatic rings. The van der Waals surface area contributed by atoms with E-state index in [1.807, 2.05) is 39.0 Å². The Bertz CT molecular complexity index is 1310. The van der Waals surface area contributed by atoms with Gasteiger partial charge in [-0.05, 0) is 67.6 Å². The maximum absolute atomic E-state index is 12.6. The van der Waals surface area contributed by atoms with E-state index in [1.54, 1.807) is 18.4 Å². The Labute approximate surface area is 173 Å². The summed E-state index contributed by atoms with van der Waals surface area (Å²) >= 11 is 0. The van der Waals surface area contributed by atoms with Crippen LogP contribution in [0, 0.1) is 20.8 Å². The molecule has 0 aliphatic heterocycles. The van der Waals surface area contributed by atoms with Crippen LogP contribution in [0.1, 0.15) is 27.8 Å². The van der Waals surface area contributed by atoms with Crippen LogP contribution in [0.15, 0.2) is 50.2 Å². The number of nitrogens with one attached hydrogen (secondary N) is 1. The van der Waals surface area contributed by atoms with Crippen molar-refractivity contribution in [2.24, 2.45) is 0 Å². The number of amides is 1. The molecule has 0 aliphatic carbocycles. The number of carbonyl (C=O) groups is 1. The molecule has 6 heteroatoms. The Hall–Kier alpha value is -3.54. The molecule has 0 bridgehead atoms. The summed E-state index contributed by atoms with van der Waals surface area (Å²) in [5.74, 6) is -0.0418. The molecule has 6 nitrogen and oxygen atoms in total. The Morgan fingerprint density at radius 3 is 2.53 bits per heavy atom. The molecule has 2 aromatic heterocycles. The topological polar surface area (TPSA) is 92.7 Å². The summed E-state index contributed by atoms with van der Waals surface area (Å²) in [6, 6.07) is 8.68. The van der Waals surface area contributed by atoms with Crippen molar-refractivity contribution in [2.75, 3.05) is 6.54 Å². The first-order valence-corrected chi connectivity index (χ1v) is 9.83. The van der Waals surface area contributed by atoms with Crippen molar-refractivity contribution in [2.45, 2.75) is 33.6 Å². The Morgan fingerprint density at radius 1 is 1.07 bits per heavy atom. The van der Waals surface area contributed by atoms with Crippen LogP contribution in [0.5, 0.6) is 5.75 Å². The van der Waals surface area contributed by atoms with Crippen molar-refractivity contribution < 1.29 is 18.7 Å². The van der Waals surface area contributed by atoms with E-state index < -0.39 is 5.63 Å². The van der Waals surface area contributed by atoms with Gasteiger partial charge >= 0.3 is 5.63 Å². The fourth-order valence-corrected chi connectivity index (χ4v) is 3.91. The Balaban J connectivity index is 1.58. The van der Waals surface area contributed by atoms with E-state index in [9.17, 15) is 14.7 Å². The quantitative estimate of drug-likeness (QED) is 0.488. The molecule has 1 amide bonds. The van der Waals surface area contributed by atoms with Crippen LogP contribution < -0.4 is 10.9 Å². The fourth-order valence-electron chi connectivity index (χ4n) is 3.91. The standard InChI is InChI=1S/C24H23NO5/c1-13-10-19-22(23-21(13)14(2)12-29-23)15(3)18(24(28)30-19)11-20(27)25-9-8-16-4-6-17(26)7-5-16/h4-7,10,12,26H,8-9,11H2,1-3H3,(H,25,27). The van der Waals surface area contributed by atoms with Crippen LogP contribution in [0.25, 0.3) is 21.9 Å². The van der Waals surface area contributed by atoms with Crippen LogP contribution in [-0.4, -0.2) is 17.6 Å². The van der Waals surface area contributed by atoms with E-state index in [4.69, 9.17) is 8.83 Å². The summed E-state index contributed by atoms with van der Waals surface area (Å²) in [6.45, 7) is 6.18. The lowest BCUT2D eigenvalue weighted by Gasteiger charge is -2.10. The van der Waals surface area contributed by atoms with Gasteiger partial charge < -0.3 is 19.3 Å². The molecule has 0 spiro atoms. The van der Waals surface area contributed by atoms with E-state index in [0.717, 1.165) is 27.5 Å². The highest BCUT2D eigenvalue weighted by atomic mass is 16.4. The third-order valence-electron chi connectivity index (χ3n) is 5.48. The average molecular weight is 405 g/mol. The van der Waals surface area contributed by atoms with Crippen LogP contribution in [0.2, 0.25) is 0 Å². The minimum Gasteiger partial charge on any atom is -0.508 e. The van der Waals surface area contributed by atoms with Gasteiger partial charge in [0, 0.05) is 11.9 Å². The summed E-state index contributed by atoms with van der Waals surface area (Å²) in [5, 5.41) is 13.9. The molecule has 0 unspecified atom stereocenters. The van der Waals surface area contributed by atoms with Gasteiger partial charge in [-0.3, -0.25) is 4.79 Å². The van der Waals surface area contributed by atoms with Crippen LogP contribution in [0.4, 0.5) is 0 Å². The lowest BCUT2D eigenvalue weighted by Crippen LogP contribution is -2.29. The van der Waals surface area contributed by atoms with Crippen LogP contribution in [0.3, 0.4) is 0 Å². The number of hydrogen-bond acceptors (Lipinski definition) is 5. The van der Waals surface area contributed by atoms with Crippen molar-refractivity contribution in [1.82, 2.24) is 5.32 Å². The molecule has 2 N–H and O–H groups in total. The molecular weight excluding hydrogens is 382 g/mol. The first-order valence-electron chi connectivity index (χ1n) is 9.83. The fraction of sp³-hybridized carbons (Fsp3) is 0.250. The summed E-state index contributed by atoms with van der Waals surface area (Å²) in [5.41, 5.74) is 4.68. The van der Waals surface area contributed by atoms with Crippen molar-refractivity contribution in [3.63, 3.8) is 0 Å². The highest BCUT2D eigenvalue weighted by Crippen LogP contribution is 2.34. The molecule has 30 heavy (non-hydrogen) atoms. The zero-order valence-corrected chi connectivity index (χ0v) is 17.2. The van der Waals surface area contributed by atoms with Gasteiger partial charge in [-0.25, -0.2) is 4.79 Å². The number of hydrogen-bond donors (Lipinski definition) is 2. The zero-order valence-electron chi connectivity index (χ0n) is 17.2. The SMILES string of the molecule is Cc1coc2c1c(C)cc1oc(=O)c(CC(=O)NCCc3ccc(O)cc3)c(C)c12. The van der Waals surface area contributed by atoms with Gasteiger partial charge in [-0.15, -0.1) is 0 Å². The number of phenolic OH excluding ortho intramolecular Hbond substituents is 1. The second-order valence-electron chi connectivity index (χ2n) is 7.63. The minimum absolute atomic E-state index is 0.0608. The van der Waals surface area contributed by atoms with Crippen molar-refractivity contribution in [1.29, 1.82) is 0 Å². The second-order valence-corrected chi connectivity index (χ2v) is 7.63. The predicted molar refractivity (Wildman–Crippen MR) is 115 cm³/mol. The highest BCUT2D eigenvalue weighted by molar-refractivity contribution is 6.07. The third kappa shape index (κ3) is 3.56. The van der Waals surface area contributed by atoms with Crippen molar-refractivity contribution >= 4 is 27.8 Å². The molecule has 0 saturated heterocycles. The van der Waals surface area contributed by atoms with Gasteiger partial charge in [0.2, 0.25) is 5.91 Å². The molecule has 0 radical (unpaired) electrons. The molecule has 0 fully saturated rings. The van der Waals surface area contributed by atoms with E-state index in [-0.39, 0.29) is 18.1 Å². The lowest BCUT2D eigenvalue weighted by atomic mass is 9.99. The summed E-state index contributed by atoms with van der Waals surface area (Å²) in [6.07, 6.45) is 2.26. The van der Waals surface area contributed by atoms with E-state index in [0.29, 0.717) is 35.3 Å². The molecule has 2 heterocycles. The first kappa shape index (κ1) is 19.8. The van der Waals surface area contributed by atoms with E-state index in [2.05, 4.69) is 5.32 Å². The number of benzene rings is 2. The maximum atomic E-state index is 12.6. The Morgan fingerprint density at radius 2 is 1.80 bits per heavy atom. The molecule has 4 rings (SSSR count). The zero-order chi connectivity index (χ0) is 21.4. The smallest absolute Gasteiger partial charge is 0.340 e. The molecular formula is C24H23NO5. The molecule has 154 valence electrons. The van der Waals surface area contributed by atoms with Gasteiger partial charge in [0.1, 0.15) is 16.9 Å².